The van der Waals surface area contributed by atoms with Gasteiger partial charge in [0, 0.05) is 11.7 Å². The molecule has 3 aromatic rings. The molecule has 3 rings (SSSR count). The number of carbonyl (C=O) groups is 1. The summed E-state index contributed by atoms with van der Waals surface area (Å²) in [6, 6.07) is 19.4. The summed E-state index contributed by atoms with van der Waals surface area (Å²) in [6.07, 6.45) is 0. The number of aromatic nitrogens is 2. The van der Waals surface area contributed by atoms with E-state index >= 15 is 0 Å². The minimum absolute atomic E-state index is 0. The minimum atomic E-state index is -0.332. The number of aryl methyl sites for hydroxylation is 2. The lowest BCUT2D eigenvalue weighted by Crippen LogP contribution is -2.36. The Labute approximate surface area is 190 Å². The van der Waals surface area contributed by atoms with Gasteiger partial charge in [0.2, 0.25) is 5.91 Å². The van der Waals surface area contributed by atoms with Crippen LogP contribution in [0.3, 0.4) is 0 Å². The molecular formula is C23H30Cl2N4O. The van der Waals surface area contributed by atoms with Crippen LogP contribution in [-0.2, 0) is 4.79 Å². The van der Waals surface area contributed by atoms with Gasteiger partial charge in [-0.05, 0) is 50.1 Å². The second-order valence-corrected chi connectivity index (χ2v) is 7.39. The highest BCUT2D eigenvalue weighted by molar-refractivity contribution is 5.85. The lowest BCUT2D eigenvalue weighted by molar-refractivity contribution is -0.125. The van der Waals surface area contributed by atoms with Gasteiger partial charge in [0.25, 0.3) is 0 Å². The molecule has 2 aromatic carbocycles. The highest BCUT2D eigenvalue weighted by Gasteiger charge is 2.23. The van der Waals surface area contributed by atoms with E-state index in [9.17, 15) is 4.79 Å². The predicted molar refractivity (Wildman–Crippen MR) is 127 cm³/mol. The quantitative estimate of drug-likeness (QED) is 0.565. The van der Waals surface area contributed by atoms with Crippen LogP contribution in [0.2, 0.25) is 0 Å². The molecule has 0 saturated carbocycles. The molecule has 0 radical (unpaired) electrons. The Morgan fingerprint density at radius 3 is 2.10 bits per heavy atom. The van der Waals surface area contributed by atoms with Crippen LogP contribution in [0.15, 0.2) is 60.7 Å². The van der Waals surface area contributed by atoms with Crippen LogP contribution in [0.25, 0.3) is 5.69 Å². The largest absolute Gasteiger partial charge is 0.349 e. The lowest BCUT2D eigenvalue weighted by Gasteiger charge is -2.22. The Morgan fingerprint density at radius 1 is 0.967 bits per heavy atom. The Morgan fingerprint density at radius 2 is 1.57 bits per heavy atom. The van der Waals surface area contributed by atoms with E-state index in [-0.39, 0.29) is 48.7 Å². The summed E-state index contributed by atoms with van der Waals surface area (Å²) >= 11 is 0. The van der Waals surface area contributed by atoms with Crippen LogP contribution in [0, 0.1) is 19.8 Å². The molecule has 1 heterocycles. The van der Waals surface area contributed by atoms with Crippen molar-refractivity contribution >= 4 is 30.7 Å². The molecule has 0 bridgehead atoms. The van der Waals surface area contributed by atoms with Crippen molar-refractivity contribution in [3.63, 3.8) is 0 Å². The summed E-state index contributed by atoms with van der Waals surface area (Å²) in [5.74, 6) is -0.370. The van der Waals surface area contributed by atoms with E-state index in [1.165, 1.54) is 0 Å². The van der Waals surface area contributed by atoms with Crippen LogP contribution in [0.4, 0.5) is 0 Å². The first kappa shape index (κ1) is 25.7. The van der Waals surface area contributed by atoms with E-state index in [1.807, 2.05) is 93.0 Å². The number of hydrogen-bond donors (Lipinski definition) is 2. The Balaban J connectivity index is 0.00000225. The summed E-state index contributed by atoms with van der Waals surface area (Å²) in [5.41, 5.74) is 11.4. The van der Waals surface area contributed by atoms with Gasteiger partial charge in [-0.3, -0.25) is 4.79 Å². The second kappa shape index (κ2) is 11.2. The molecular weight excluding hydrogens is 419 g/mol. The first-order valence-corrected chi connectivity index (χ1v) is 9.61. The summed E-state index contributed by atoms with van der Waals surface area (Å²) < 4.78 is 1.92. The average Bonchev–Trinajstić information content (AvgIpc) is 3.05. The first-order chi connectivity index (χ1) is 13.4. The maximum atomic E-state index is 12.7. The van der Waals surface area contributed by atoms with Crippen molar-refractivity contribution in [1.29, 1.82) is 0 Å². The van der Waals surface area contributed by atoms with Crippen molar-refractivity contribution in [3.8, 4) is 5.69 Å². The minimum Gasteiger partial charge on any atom is -0.349 e. The monoisotopic (exact) mass is 448 g/mol. The van der Waals surface area contributed by atoms with Gasteiger partial charge in [-0.2, -0.15) is 5.10 Å². The number of nitrogens with one attached hydrogen (secondary N) is 1. The van der Waals surface area contributed by atoms with Crippen molar-refractivity contribution in [1.82, 2.24) is 15.1 Å². The molecule has 162 valence electrons. The SMILES string of the molecule is Cc1cc(C)n(-c2ccc(C(C)NC(=O)C(C)C(N)c3ccccc3)cc2)n1.Cl.Cl. The summed E-state index contributed by atoms with van der Waals surface area (Å²) in [7, 11) is 0. The van der Waals surface area contributed by atoms with E-state index in [0.717, 1.165) is 28.2 Å². The Kier molecular flexibility index (Phi) is 9.56. The first-order valence-electron chi connectivity index (χ1n) is 9.61. The molecule has 0 spiro atoms. The Bertz CT molecular complexity index is 942. The van der Waals surface area contributed by atoms with Crippen LogP contribution in [0.1, 0.15) is 48.4 Å². The van der Waals surface area contributed by atoms with Crippen LogP contribution in [-0.4, -0.2) is 15.7 Å². The normalized spacial score (nSPS) is 13.4. The highest BCUT2D eigenvalue weighted by Crippen LogP contribution is 2.22. The van der Waals surface area contributed by atoms with Crippen molar-refractivity contribution < 1.29 is 4.79 Å². The molecule has 7 heteroatoms. The molecule has 3 atom stereocenters. The maximum Gasteiger partial charge on any atom is 0.225 e. The van der Waals surface area contributed by atoms with Crippen molar-refractivity contribution in [2.45, 2.75) is 39.8 Å². The molecule has 1 amide bonds. The molecule has 0 aliphatic carbocycles. The standard InChI is InChI=1S/C23H28N4O.2ClH/c1-15-14-16(2)27(26-15)21-12-10-19(11-13-21)18(4)25-23(28)17(3)22(24)20-8-6-5-7-9-20;;/h5-14,17-18,22H,24H2,1-4H3,(H,25,28);2*1H. The third kappa shape index (κ3) is 5.85. The molecule has 1 aromatic heterocycles. The van der Waals surface area contributed by atoms with Gasteiger partial charge >= 0.3 is 0 Å². The van der Waals surface area contributed by atoms with Crippen LogP contribution < -0.4 is 11.1 Å². The average molecular weight is 449 g/mol. The van der Waals surface area contributed by atoms with Gasteiger partial charge < -0.3 is 11.1 Å². The number of rotatable bonds is 6. The van der Waals surface area contributed by atoms with E-state index < -0.39 is 0 Å². The topological polar surface area (TPSA) is 72.9 Å². The molecule has 0 aliphatic rings. The number of amides is 1. The number of carbonyl (C=O) groups excluding carboxylic acids is 1. The number of benzene rings is 2. The summed E-state index contributed by atoms with van der Waals surface area (Å²) in [5, 5.41) is 7.59. The van der Waals surface area contributed by atoms with E-state index in [1.54, 1.807) is 0 Å². The molecule has 0 aliphatic heterocycles. The predicted octanol–water partition coefficient (Wildman–Crippen LogP) is 4.85. The van der Waals surface area contributed by atoms with Crippen molar-refractivity contribution in [2.75, 3.05) is 0 Å². The van der Waals surface area contributed by atoms with Crippen molar-refractivity contribution in [2.24, 2.45) is 11.7 Å². The zero-order valence-corrected chi connectivity index (χ0v) is 19.3. The van der Waals surface area contributed by atoms with Gasteiger partial charge in [0.05, 0.1) is 23.3 Å². The summed E-state index contributed by atoms with van der Waals surface area (Å²) in [4.78, 5) is 12.7. The van der Waals surface area contributed by atoms with E-state index in [2.05, 4.69) is 10.4 Å². The highest BCUT2D eigenvalue weighted by atomic mass is 35.5. The van der Waals surface area contributed by atoms with Gasteiger partial charge in [0.15, 0.2) is 0 Å². The smallest absolute Gasteiger partial charge is 0.225 e. The fraction of sp³-hybridized carbons (Fsp3) is 0.304. The molecule has 30 heavy (non-hydrogen) atoms. The van der Waals surface area contributed by atoms with Gasteiger partial charge in [-0.1, -0.05) is 49.4 Å². The van der Waals surface area contributed by atoms with Crippen molar-refractivity contribution in [3.05, 3.63) is 83.2 Å². The fourth-order valence-electron chi connectivity index (χ4n) is 3.35. The third-order valence-electron chi connectivity index (χ3n) is 5.14. The van der Waals surface area contributed by atoms with Crippen LogP contribution in [0.5, 0.6) is 0 Å². The number of hydrogen-bond acceptors (Lipinski definition) is 3. The fourth-order valence-corrected chi connectivity index (χ4v) is 3.35. The van der Waals surface area contributed by atoms with Gasteiger partial charge in [-0.25, -0.2) is 4.68 Å². The number of halogens is 2. The molecule has 0 fully saturated rings. The molecule has 0 saturated heterocycles. The Hall–Kier alpha value is -2.34. The van der Waals surface area contributed by atoms with E-state index in [0.29, 0.717) is 0 Å². The number of nitrogens with zero attached hydrogens (tertiary/aromatic N) is 2. The molecule has 5 nitrogen and oxygen atoms in total. The lowest BCUT2D eigenvalue weighted by atomic mass is 9.94. The third-order valence-corrected chi connectivity index (χ3v) is 5.14. The zero-order chi connectivity index (χ0) is 20.3. The van der Waals surface area contributed by atoms with Gasteiger partial charge in [0.1, 0.15) is 0 Å². The number of nitrogens with two attached hydrogens (primary N) is 1. The molecule has 3 unspecified atom stereocenters. The van der Waals surface area contributed by atoms with E-state index in [4.69, 9.17) is 5.73 Å². The summed E-state index contributed by atoms with van der Waals surface area (Å²) in [6.45, 7) is 7.87. The van der Waals surface area contributed by atoms with Crippen LogP contribution >= 0.6 is 24.8 Å². The zero-order valence-electron chi connectivity index (χ0n) is 17.7. The second-order valence-electron chi connectivity index (χ2n) is 7.39. The maximum absolute atomic E-state index is 12.7. The van der Waals surface area contributed by atoms with Gasteiger partial charge in [-0.15, -0.1) is 24.8 Å². The molecule has 3 N–H and O–H groups in total.